The summed E-state index contributed by atoms with van der Waals surface area (Å²) in [6, 6.07) is 17.4. The van der Waals surface area contributed by atoms with Gasteiger partial charge in [-0.2, -0.15) is 10.2 Å². The Morgan fingerprint density at radius 1 is 1.06 bits per heavy atom. The SMILES string of the molecule is CN(C)c1nc(N[C@H]2CC[C@@H](CNC(=O)c3ccccc3C#N)CC2)nc2ccccc12. The highest BCUT2D eigenvalue weighted by atomic mass is 16.1. The van der Waals surface area contributed by atoms with Crippen LogP contribution >= 0.6 is 0 Å². The first-order valence-corrected chi connectivity index (χ1v) is 11.0. The molecule has 1 heterocycles. The summed E-state index contributed by atoms with van der Waals surface area (Å²) < 4.78 is 0. The van der Waals surface area contributed by atoms with Crippen molar-refractivity contribution in [1.29, 1.82) is 5.26 Å². The second-order valence-corrected chi connectivity index (χ2v) is 8.51. The van der Waals surface area contributed by atoms with E-state index in [1.807, 2.05) is 43.3 Å². The van der Waals surface area contributed by atoms with E-state index in [0.717, 1.165) is 42.4 Å². The normalized spacial score (nSPS) is 18.0. The number of nitrogens with zero attached hydrogens (tertiary/aromatic N) is 4. The summed E-state index contributed by atoms with van der Waals surface area (Å²) in [6.07, 6.45) is 4.05. The number of aromatic nitrogens is 2. The topological polar surface area (TPSA) is 93.9 Å². The Morgan fingerprint density at radius 3 is 2.53 bits per heavy atom. The Bertz CT molecular complexity index is 1140. The van der Waals surface area contributed by atoms with Gasteiger partial charge in [0.2, 0.25) is 5.95 Å². The molecule has 1 amide bonds. The minimum atomic E-state index is -0.178. The van der Waals surface area contributed by atoms with Crippen molar-refractivity contribution in [2.24, 2.45) is 5.92 Å². The third-order valence-corrected chi connectivity index (χ3v) is 6.03. The first-order valence-electron chi connectivity index (χ1n) is 11.0. The molecule has 1 aromatic heterocycles. The van der Waals surface area contributed by atoms with E-state index >= 15 is 0 Å². The van der Waals surface area contributed by atoms with Crippen molar-refractivity contribution in [2.75, 3.05) is 30.9 Å². The number of rotatable bonds is 6. The van der Waals surface area contributed by atoms with Gasteiger partial charge in [-0.1, -0.05) is 24.3 Å². The maximum Gasteiger partial charge on any atom is 0.252 e. The van der Waals surface area contributed by atoms with Gasteiger partial charge in [0.05, 0.1) is 22.7 Å². The predicted octanol–water partition coefficient (Wildman–Crippen LogP) is 3.97. The number of amides is 1. The van der Waals surface area contributed by atoms with Gasteiger partial charge in [-0.3, -0.25) is 4.79 Å². The summed E-state index contributed by atoms with van der Waals surface area (Å²) in [6.45, 7) is 0.628. The maximum atomic E-state index is 12.5. The smallest absolute Gasteiger partial charge is 0.252 e. The lowest BCUT2D eigenvalue weighted by atomic mass is 9.86. The van der Waals surface area contributed by atoms with Gasteiger partial charge in [-0.15, -0.1) is 0 Å². The van der Waals surface area contributed by atoms with Crippen LogP contribution in [0.1, 0.15) is 41.6 Å². The number of carbonyl (C=O) groups is 1. The quantitative estimate of drug-likeness (QED) is 0.617. The molecule has 0 radical (unpaired) electrons. The van der Waals surface area contributed by atoms with Crippen molar-refractivity contribution in [2.45, 2.75) is 31.7 Å². The predicted molar refractivity (Wildman–Crippen MR) is 127 cm³/mol. The van der Waals surface area contributed by atoms with E-state index in [2.05, 4.69) is 16.7 Å². The highest BCUT2D eigenvalue weighted by molar-refractivity contribution is 5.96. The van der Waals surface area contributed by atoms with Crippen LogP contribution in [0.3, 0.4) is 0 Å². The Labute approximate surface area is 188 Å². The average molecular weight is 429 g/mol. The van der Waals surface area contributed by atoms with Gasteiger partial charge in [0.25, 0.3) is 5.91 Å². The number of anilines is 2. The number of para-hydroxylation sites is 1. The monoisotopic (exact) mass is 428 g/mol. The van der Waals surface area contributed by atoms with Crippen molar-refractivity contribution >= 4 is 28.6 Å². The molecule has 0 atom stereocenters. The van der Waals surface area contributed by atoms with Crippen molar-refractivity contribution in [3.05, 3.63) is 59.7 Å². The zero-order chi connectivity index (χ0) is 22.5. The fourth-order valence-corrected chi connectivity index (χ4v) is 4.27. The van der Waals surface area contributed by atoms with Crippen molar-refractivity contribution < 1.29 is 4.79 Å². The first-order chi connectivity index (χ1) is 15.5. The van der Waals surface area contributed by atoms with Crippen LogP contribution in [0.5, 0.6) is 0 Å². The Morgan fingerprint density at radius 2 is 1.78 bits per heavy atom. The van der Waals surface area contributed by atoms with Crippen LogP contribution in [-0.4, -0.2) is 42.6 Å². The molecule has 1 fully saturated rings. The van der Waals surface area contributed by atoms with Crippen LogP contribution in [-0.2, 0) is 0 Å². The number of benzene rings is 2. The summed E-state index contributed by atoms with van der Waals surface area (Å²) in [5, 5.41) is 16.8. The highest BCUT2D eigenvalue weighted by Gasteiger charge is 2.23. The van der Waals surface area contributed by atoms with Crippen LogP contribution in [0.2, 0.25) is 0 Å². The van der Waals surface area contributed by atoms with Gasteiger partial charge in [0, 0.05) is 32.1 Å². The summed E-state index contributed by atoms with van der Waals surface area (Å²) in [5.74, 6) is 1.83. The van der Waals surface area contributed by atoms with Gasteiger partial charge in [0.1, 0.15) is 5.82 Å². The number of nitrogens with one attached hydrogen (secondary N) is 2. The molecule has 1 aliphatic carbocycles. The van der Waals surface area contributed by atoms with E-state index in [0.29, 0.717) is 35.6 Å². The lowest BCUT2D eigenvalue weighted by Crippen LogP contribution is -2.34. The maximum absolute atomic E-state index is 12.5. The minimum Gasteiger partial charge on any atom is -0.362 e. The Balaban J connectivity index is 1.33. The zero-order valence-corrected chi connectivity index (χ0v) is 18.5. The molecule has 0 aliphatic heterocycles. The van der Waals surface area contributed by atoms with Gasteiger partial charge in [-0.25, -0.2) is 4.98 Å². The molecule has 1 saturated carbocycles. The van der Waals surface area contributed by atoms with Crippen molar-refractivity contribution in [3.63, 3.8) is 0 Å². The Hall–Kier alpha value is -3.66. The number of hydrogen-bond donors (Lipinski definition) is 2. The van der Waals surface area contributed by atoms with Crippen LogP contribution < -0.4 is 15.5 Å². The van der Waals surface area contributed by atoms with E-state index in [1.54, 1.807) is 24.3 Å². The van der Waals surface area contributed by atoms with Gasteiger partial charge in [-0.05, 0) is 55.9 Å². The lowest BCUT2D eigenvalue weighted by Gasteiger charge is -2.29. The largest absolute Gasteiger partial charge is 0.362 e. The molecule has 3 aromatic rings. The molecule has 2 N–H and O–H groups in total. The van der Waals surface area contributed by atoms with Crippen LogP contribution in [0.25, 0.3) is 10.9 Å². The van der Waals surface area contributed by atoms with Gasteiger partial charge < -0.3 is 15.5 Å². The summed E-state index contributed by atoms with van der Waals surface area (Å²) in [5.41, 5.74) is 1.78. The lowest BCUT2D eigenvalue weighted by molar-refractivity contribution is 0.0943. The minimum absolute atomic E-state index is 0.178. The standard InChI is InChI=1S/C25H28N6O/c1-31(2)23-21-9-5-6-10-22(21)29-25(30-23)28-19-13-11-17(12-14-19)16-27-24(32)20-8-4-3-7-18(20)15-26/h3-10,17,19H,11-14,16H2,1-2H3,(H,27,32)(H,28,29,30)/t17-,19+. The fraction of sp³-hybridized carbons (Fsp3) is 0.360. The molecule has 7 nitrogen and oxygen atoms in total. The first kappa shape index (κ1) is 21.6. The van der Waals surface area contributed by atoms with Gasteiger partial charge >= 0.3 is 0 Å². The molecule has 32 heavy (non-hydrogen) atoms. The number of nitriles is 1. The molecule has 0 unspecified atom stereocenters. The molecule has 4 rings (SSSR count). The molecule has 2 aromatic carbocycles. The molecule has 164 valence electrons. The summed E-state index contributed by atoms with van der Waals surface area (Å²) >= 11 is 0. The number of hydrogen-bond acceptors (Lipinski definition) is 6. The second-order valence-electron chi connectivity index (χ2n) is 8.51. The van der Waals surface area contributed by atoms with E-state index < -0.39 is 0 Å². The summed E-state index contributed by atoms with van der Waals surface area (Å²) in [7, 11) is 3.99. The van der Waals surface area contributed by atoms with E-state index in [-0.39, 0.29) is 5.91 Å². The molecule has 0 bridgehead atoms. The van der Waals surface area contributed by atoms with E-state index in [4.69, 9.17) is 9.97 Å². The van der Waals surface area contributed by atoms with Crippen molar-refractivity contribution in [1.82, 2.24) is 15.3 Å². The van der Waals surface area contributed by atoms with Gasteiger partial charge in [0.15, 0.2) is 0 Å². The van der Waals surface area contributed by atoms with Crippen LogP contribution in [0.15, 0.2) is 48.5 Å². The zero-order valence-electron chi connectivity index (χ0n) is 18.5. The number of fused-ring (bicyclic) bond motifs is 1. The van der Waals surface area contributed by atoms with Crippen LogP contribution in [0.4, 0.5) is 11.8 Å². The molecule has 0 spiro atoms. The third kappa shape index (κ3) is 4.80. The van der Waals surface area contributed by atoms with Crippen LogP contribution in [0, 0.1) is 17.2 Å². The number of carbonyl (C=O) groups excluding carboxylic acids is 1. The van der Waals surface area contributed by atoms with E-state index in [9.17, 15) is 10.1 Å². The summed E-state index contributed by atoms with van der Waals surface area (Å²) in [4.78, 5) is 23.9. The second kappa shape index (κ2) is 9.65. The molecule has 1 aliphatic rings. The molecule has 0 saturated heterocycles. The molecule has 7 heteroatoms. The third-order valence-electron chi connectivity index (χ3n) is 6.03. The highest BCUT2D eigenvalue weighted by Crippen LogP contribution is 2.28. The van der Waals surface area contributed by atoms with Crippen molar-refractivity contribution in [3.8, 4) is 6.07 Å². The molecular weight excluding hydrogens is 400 g/mol. The average Bonchev–Trinajstić information content (AvgIpc) is 2.82. The molecular formula is C25H28N6O. The van der Waals surface area contributed by atoms with E-state index in [1.165, 1.54) is 0 Å². The fourth-order valence-electron chi connectivity index (χ4n) is 4.27. The Kier molecular flexibility index (Phi) is 6.50.